The second-order valence-corrected chi connectivity index (χ2v) is 5.74. The van der Waals surface area contributed by atoms with Crippen LogP contribution in [0.3, 0.4) is 0 Å². The van der Waals surface area contributed by atoms with Crippen LogP contribution in [0.5, 0.6) is 0 Å². The molecule has 0 aromatic carbocycles. The van der Waals surface area contributed by atoms with Crippen molar-refractivity contribution in [1.29, 1.82) is 0 Å². The van der Waals surface area contributed by atoms with Crippen LogP contribution in [0.2, 0.25) is 0 Å². The molecule has 0 saturated carbocycles. The lowest BCUT2D eigenvalue weighted by Crippen LogP contribution is -2.39. The van der Waals surface area contributed by atoms with E-state index in [4.69, 9.17) is 0 Å². The van der Waals surface area contributed by atoms with Gasteiger partial charge in [0, 0.05) is 38.6 Å². The van der Waals surface area contributed by atoms with Crippen molar-refractivity contribution in [2.24, 2.45) is 5.92 Å². The summed E-state index contributed by atoms with van der Waals surface area (Å²) in [5.74, 6) is -0.921. The third kappa shape index (κ3) is 3.96. The molecule has 2 aromatic heterocycles. The molecule has 0 aliphatic carbocycles. The first kappa shape index (κ1) is 16.1. The number of imidazole rings is 1. The number of aromatic amines is 1. The van der Waals surface area contributed by atoms with Gasteiger partial charge >= 0.3 is 5.97 Å². The molecule has 2 aromatic rings. The topological polar surface area (TPSA) is 120 Å². The van der Waals surface area contributed by atoms with Crippen molar-refractivity contribution in [1.82, 2.24) is 34.5 Å². The maximum atomic E-state index is 12.4. The molecule has 1 aliphatic rings. The zero-order chi connectivity index (χ0) is 16.9. The summed E-state index contributed by atoms with van der Waals surface area (Å²) in [5, 5.41) is 13.4. The SMILES string of the molecule is O=C(O)[C@@H]1CN(Cc2ncc[nH]2)CCN(C(=O)Cn2cncn2)C1. The fourth-order valence-electron chi connectivity index (χ4n) is 2.76. The van der Waals surface area contributed by atoms with Gasteiger partial charge in [0.2, 0.25) is 5.91 Å². The quantitative estimate of drug-likeness (QED) is 0.723. The smallest absolute Gasteiger partial charge is 0.309 e. The van der Waals surface area contributed by atoms with Crippen molar-refractivity contribution >= 4 is 11.9 Å². The van der Waals surface area contributed by atoms with Gasteiger partial charge in [-0.15, -0.1) is 0 Å². The number of nitrogens with one attached hydrogen (secondary N) is 1. The van der Waals surface area contributed by atoms with E-state index in [2.05, 4.69) is 20.1 Å². The summed E-state index contributed by atoms with van der Waals surface area (Å²) in [5.41, 5.74) is 0. The van der Waals surface area contributed by atoms with Crippen LogP contribution in [0.1, 0.15) is 5.82 Å². The van der Waals surface area contributed by atoms with Gasteiger partial charge in [-0.2, -0.15) is 5.10 Å². The maximum absolute atomic E-state index is 12.4. The van der Waals surface area contributed by atoms with Gasteiger partial charge in [0.05, 0.1) is 12.5 Å². The molecule has 3 heterocycles. The first-order chi connectivity index (χ1) is 11.6. The van der Waals surface area contributed by atoms with E-state index in [1.165, 1.54) is 17.3 Å². The van der Waals surface area contributed by atoms with Crippen LogP contribution in [0, 0.1) is 5.92 Å². The fraction of sp³-hybridized carbons (Fsp3) is 0.500. The Bertz CT molecular complexity index is 671. The van der Waals surface area contributed by atoms with E-state index in [0.29, 0.717) is 26.2 Å². The Hall–Kier alpha value is -2.75. The van der Waals surface area contributed by atoms with Crippen LogP contribution in [-0.4, -0.2) is 77.7 Å². The standard InChI is InChI=1S/C14H19N7O3/c22-13(8-21-10-15-9-18-21)20-4-3-19(5-11(6-20)14(23)24)7-12-16-1-2-17-12/h1-2,9-11H,3-8H2,(H,16,17)(H,23,24)/t11-/m1/s1. The molecule has 128 valence electrons. The van der Waals surface area contributed by atoms with Crippen LogP contribution in [0.25, 0.3) is 0 Å². The summed E-state index contributed by atoms with van der Waals surface area (Å²) in [6.45, 7) is 2.22. The molecule has 1 fully saturated rings. The van der Waals surface area contributed by atoms with Crippen molar-refractivity contribution in [2.45, 2.75) is 13.1 Å². The molecule has 0 unspecified atom stereocenters. The van der Waals surface area contributed by atoms with Gasteiger partial charge in [-0.25, -0.2) is 14.6 Å². The highest BCUT2D eigenvalue weighted by atomic mass is 16.4. The number of carboxylic acids is 1. The second kappa shape index (κ2) is 7.21. The van der Waals surface area contributed by atoms with Crippen molar-refractivity contribution < 1.29 is 14.7 Å². The second-order valence-electron chi connectivity index (χ2n) is 5.74. The molecule has 0 radical (unpaired) electrons. The molecule has 1 amide bonds. The number of carbonyl (C=O) groups is 2. The number of rotatable bonds is 5. The lowest BCUT2D eigenvalue weighted by Gasteiger charge is -2.22. The molecular formula is C14H19N7O3. The largest absolute Gasteiger partial charge is 0.481 e. The van der Waals surface area contributed by atoms with Crippen molar-refractivity contribution in [3.05, 3.63) is 30.9 Å². The fourth-order valence-corrected chi connectivity index (χ4v) is 2.76. The molecule has 24 heavy (non-hydrogen) atoms. The molecule has 0 spiro atoms. The highest BCUT2D eigenvalue weighted by molar-refractivity contribution is 5.77. The molecule has 1 saturated heterocycles. The molecule has 10 nitrogen and oxygen atoms in total. The first-order valence-corrected chi connectivity index (χ1v) is 7.65. The van der Waals surface area contributed by atoms with Gasteiger partial charge in [0.25, 0.3) is 0 Å². The number of H-pyrrole nitrogens is 1. The predicted octanol–water partition coefficient (Wildman–Crippen LogP) is -0.954. The van der Waals surface area contributed by atoms with E-state index in [1.807, 2.05) is 4.90 Å². The minimum absolute atomic E-state index is 0.0600. The number of hydrogen-bond donors (Lipinski definition) is 2. The monoisotopic (exact) mass is 333 g/mol. The zero-order valence-corrected chi connectivity index (χ0v) is 13.1. The number of aromatic nitrogens is 5. The Morgan fingerprint density at radius 2 is 2.21 bits per heavy atom. The van der Waals surface area contributed by atoms with Crippen molar-refractivity contribution in [2.75, 3.05) is 26.2 Å². The molecule has 0 bridgehead atoms. The summed E-state index contributed by atoms with van der Waals surface area (Å²) in [4.78, 5) is 38.5. The summed E-state index contributed by atoms with van der Waals surface area (Å²) < 4.78 is 1.43. The minimum atomic E-state index is -0.903. The highest BCUT2D eigenvalue weighted by Gasteiger charge is 2.30. The number of amides is 1. The third-order valence-corrected chi connectivity index (χ3v) is 4.00. The van der Waals surface area contributed by atoms with Gasteiger partial charge in [-0.05, 0) is 0 Å². The van der Waals surface area contributed by atoms with Gasteiger partial charge in [0.15, 0.2) is 0 Å². The molecule has 3 rings (SSSR count). The number of nitrogens with zero attached hydrogens (tertiary/aromatic N) is 6. The van der Waals surface area contributed by atoms with Crippen LogP contribution >= 0.6 is 0 Å². The Morgan fingerprint density at radius 1 is 1.33 bits per heavy atom. The Labute approximate surface area is 138 Å². The lowest BCUT2D eigenvalue weighted by molar-refractivity contribution is -0.143. The van der Waals surface area contributed by atoms with Gasteiger partial charge in [-0.3, -0.25) is 14.5 Å². The zero-order valence-electron chi connectivity index (χ0n) is 13.1. The van der Waals surface area contributed by atoms with Crippen molar-refractivity contribution in [3.63, 3.8) is 0 Å². The molecule has 1 atom stereocenters. The van der Waals surface area contributed by atoms with Crippen LogP contribution in [0.15, 0.2) is 25.0 Å². The van der Waals surface area contributed by atoms with Gasteiger partial charge in [0.1, 0.15) is 25.0 Å². The Morgan fingerprint density at radius 3 is 2.88 bits per heavy atom. The normalized spacial score (nSPS) is 19.2. The summed E-state index contributed by atoms with van der Waals surface area (Å²) >= 11 is 0. The number of carboxylic acid groups (broad SMARTS) is 1. The average molecular weight is 333 g/mol. The van der Waals surface area contributed by atoms with E-state index in [9.17, 15) is 14.7 Å². The maximum Gasteiger partial charge on any atom is 0.309 e. The summed E-state index contributed by atoms with van der Waals surface area (Å²) in [6, 6.07) is 0. The predicted molar refractivity (Wildman–Crippen MR) is 81.6 cm³/mol. The van der Waals surface area contributed by atoms with Gasteiger partial charge < -0.3 is 15.0 Å². The van der Waals surface area contributed by atoms with Crippen LogP contribution in [-0.2, 0) is 22.7 Å². The lowest BCUT2D eigenvalue weighted by atomic mass is 10.1. The Kier molecular flexibility index (Phi) is 4.85. The van der Waals surface area contributed by atoms with E-state index >= 15 is 0 Å². The first-order valence-electron chi connectivity index (χ1n) is 7.65. The number of aliphatic carboxylic acids is 1. The van der Waals surface area contributed by atoms with E-state index < -0.39 is 11.9 Å². The summed E-state index contributed by atoms with van der Waals surface area (Å²) in [7, 11) is 0. The average Bonchev–Trinajstić information content (AvgIpc) is 3.19. The molecule has 10 heteroatoms. The van der Waals surface area contributed by atoms with Crippen molar-refractivity contribution in [3.8, 4) is 0 Å². The molecule has 1 aliphatic heterocycles. The van der Waals surface area contributed by atoms with E-state index in [-0.39, 0.29) is 19.0 Å². The highest BCUT2D eigenvalue weighted by Crippen LogP contribution is 2.13. The number of hydrogen-bond acceptors (Lipinski definition) is 6. The van der Waals surface area contributed by atoms with E-state index in [1.54, 1.807) is 17.3 Å². The van der Waals surface area contributed by atoms with E-state index in [0.717, 1.165) is 5.82 Å². The molecular weight excluding hydrogens is 314 g/mol. The van der Waals surface area contributed by atoms with Crippen LogP contribution < -0.4 is 0 Å². The Balaban J connectivity index is 1.66. The van der Waals surface area contributed by atoms with Crippen LogP contribution in [0.4, 0.5) is 0 Å². The third-order valence-electron chi connectivity index (χ3n) is 4.00. The molecule has 2 N–H and O–H groups in total. The van der Waals surface area contributed by atoms with Gasteiger partial charge in [-0.1, -0.05) is 0 Å². The number of carbonyl (C=O) groups excluding carboxylic acids is 1. The summed E-state index contributed by atoms with van der Waals surface area (Å²) in [6.07, 6.45) is 6.22. The minimum Gasteiger partial charge on any atom is -0.481 e.